The normalized spacial score (nSPS) is 21.3. The first-order chi connectivity index (χ1) is 8.81. The van der Waals surface area contributed by atoms with Gasteiger partial charge in [0.05, 0.1) is 10.6 Å². The van der Waals surface area contributed by atoms with Crippen LogP contribution in [-0.4, -0.2) is 35.6 Å². The molecule has 2 aromatic heterocycles. The van der Waals surface area contributed by atoms with Crippen LogP contribution in [0.5, 0.6) is 0 Å². The van der Waals surface area contributed by atoms with E-state index < -0.39 is 0 Å². The molecule has 1 atom stereocenters. The molecule has 1 aliphatic heterocycles. The van der Waals surface area contributed by atoms with E-state index >= 15 is 0 Å². The number of aromatic nitrogens is 1. The summed E-state index contributed by atoms with van der Waals surface area (Å²) in [4.78, 5) is 8.06. The molecule has 0 saturated carbocycles. The summed E-state index contributed by atoms with van der Waals surface area (Å²) >= 11 is 1.66. The zero-order chi connectivity index (χ0) is 12.4. The molecule has 2 aromatic rings. The van der Waals surface area contributed by atoms with Gasteiger partial charge in [-0.25, -0.2) is 4.98 Å². The van der Waals surface area contributed by atoms with Gasteiger partial charge < -0.3 is 9.73 Å². The maximum absolute atomic E-state index is 5.53. The number of hydrogen-bond acceptors (Lipinski definition) is 5. The van der Waals surface area contributed by atoms with Gasteiger partial charge >= 0.3 is 0 Å². The van der Waals surface area contributed by atoms with Crippen LogP contribution in [0.2, 0.25) is 0 Å². The molecule has 18 heavy (non-hydrogen) atoms. The van der Waals surface area contributed by atoms with E-state index in [4.69, 9.17) is 4.42 Å². The minimum Gasteiger partial charge on any atom is -0.444 e. The van der Waals surface area contributed by atoms with Crippen LogP contribution < -0.4 is 5.32 Å². The number of oxazole rings is 1. The van der Waals surface area contributed by atoms with Crippen LogP contribution in [0.15, 0.2) is 28.2 Å². The Kier molecular flexibility index (Phi) is 3.45. The Bertz CT molecular complexity index is 494. The van der Waals surface area contributed by atoms with E-state index in [0.29, 0.717) is 6.04 Å². The molecule has 3 heterocycles. The second kappa shape index (κ2) is 5.22. The second-order valence-electron chi connectivity index (χ2n) is 4.71. The number of nitrogens with one attached hydrogen (secondary N) is 1. The van der Waals surface area contributed by atoms with Gasteiger partial charge in [0, 0.05) is 32.2 Å². The molecule has 0 amide bonds. The molecule has 96 valence electrons. The van der Waals surface area contributed by atoms with Crippen molar-refractivity contribution in [3.05, 3.63) is 29.5 Å². The first-order valence-corrected chi connectivity index (χ1v) is 7.13. The van der Waals surface area contributed by atoms with Crippen molar-refractivity contribution < 1.29 is 4.42 Å². The Balaban J connectivity index is 1.66. The van der Waals surface area contributed by atoms with Crippen LogP contribution >= 0.6 is 11.3 Å². The van der Waals surface area contributed by atoms with E-state index in [-0.39, 0.29) is 0 Å². The molecule has 0 radical (unpaired) electrons. The van der Waals surface area contributed by atoms with E-state index in [1.807, 2.05) is 17.5 Å². The smallest absolute Gasteiger partial charge is 0.236 e. The molecule has 1 N–H and O–H groups in total. The van der Waals surface area contributed by atoms with E-state index in [1.54, 1.807) is 17.6 Å². The highest BCUT2D eigenvalue weighted by Gasteiger charge is 2.17. The topological polar surface area (TPSA) is 41.3 Å². The van der Waals surface area contributed by atoms with Crippen LogP contribution in [0, 0.1) is 0 Å². The first-order valence-electron chi connectivity index (χ1n) is 6.25. The Labute approximate surface area is 111 Å². The zero-order valence-corrected chi connectivity index (χ0v) is 11.2. The lowest BCUT2D eigenvalue weighted by Gasteiger charge is -2.31. The molecule has 1 aliphatic rings. The Hall–Kier alpha value is -1.17. The van der Waals surface area contributed by atoms with Crippen molar-refractivity contribution in [2.75, 3.05) is 19.6 Å². The maximum Gasteiger partial charge on any atom is 0.236 e. The van der Waals surface area contributed by atoms with Crippen molar-refractivity contribution in [2.24, 2.45) is 0 Å². The standard InChI is InChI=1S/C13H17N3OS/c1-10-7-16(5-4-14-10)8-11-9-17-13(15-11)12-3-2-6-18-12/h2-3,6,9-10,14H,4-5,7-8H2,1H3/t10-/m1/s1. The largest absolute Gasteiger partial charge is 0.444 e. The van der Waals surface area contributed by atoms with E-state index in [0.717, 1.165) is 42.6 Å². The van der Waals surface area contributed by atoms with Crippen LogP contribution in [0.1, 0.15) is 12.6 Å². The lowest BCUT2D eigenvalue weighted by atomic mass is 10.2. The van der Waals surface area contributed by atoms with E-state index in [1.165, 1.54) is 0 Å². The fourth-order valence-electron chi connectivity index (χ4n) is 2.28. The van der Waals surface area contributed by atoms with Crippen LogP contribution in [0.25, 0.3) is 10.8 Å². The molecule has 0 aromatic carbocycles. The molecule has 5 heteroatoms. The predicted octanol–water partition coefficient (Wildman–Crippen LogP) is 2.20. The molecule has 4 nitrogen and oxygen atoms in total. The minimum absolute atomic E-state index is 0.558. The van der Waals surface area contributed by atoms with Crippen molar-refractivity contribution in [1.82, 2.24) is 15.2 Å². The van der Waals surface area contributed by atoms with Gasteiger partial charge in [-0.15, -0.1) is 11.3 Å². The fourth-order valence-corrected chi connectivity index (χ4v) is 2.93. The van der Waals surface area contributed by atoms with Gasteiger partial charge in [-0.05, 0) is 18.4 Å². The number of piperazine rings is 1. The molecular weight excluding hydrogens is 246 g/mol. The molecule has 0 aliphatic carbocycles. The summed E-state index contributed by atoms with van der Waals surface area (Å²) in [6.07, 6.45) is 1.78. The van der Waals surface area contributed by atoms with E-state index in [9.17, 15) is 0 Å². The summed E-state index contributed by atoms with van der Waals surface area (Å²) in [6, 6.07) is 4.61. The highest BCUT2D eigenvalue weighted by atomic mass is 32.1. The van der Waals surface area contributed by atoms with Crippen molar-refractivity contribution >= 4 is 11.3 Å². The Morgan fingerprint density at radius 3 is 3.33 bits per heavy atom. The van der Waals surface area contributed by atoms with Gasteiger partial charge in [0.25, 0.3) is 0 Å². The fraction of sp³-hybridized carbons (Fsp3) is 0.462. The Morgan fingerprint density at radius 1 is 1.61 bits per heavy atom. The van der Waals surface area contributed by atoms with Gasteiger partial charge in [-0.1, -0.05) is 6.07 Å². The maximum atomic E-state index is 5.53. The third-order valence-electron chi connectivity index (χ3n) is 3.12. The van der Waals surface area contributed by atoms with Crippen molar-refractivity contribution in [3.8, 4) is 10.8 Å². The van der Waals surface area contributed by atoms with Gasteiger partial charge in [-0.2, -0.15) is 0 Å². The van der Waals surface area contributed by atoms with Gasteiger partial charge in [0.1, 0.15) is 6.26 Å². The Morgan fingerprint density at radius 2 is 2.56 bits per heavy atom. The van der Waals surface area contributed by atoms with Crippen LogP contribution in [0.3, 0.4) is 0 Å². The van der Waals surface area contributed by atoms with Gasteiger partial charge in [0.15, 0.2) is 0 Å². The van der Waals surface area contributed by atoms with E-state index in [2.05, 4.69) is 22.1 Å². The third kappa shape index (κ3) is 2.63. The molecule has 0 bridgehead atoms. The second-order valence-corrected chi connectivity index (χ2v) is 5.66. The van der Waals surface area contributed by atoms with Crippen molar-refractivity contribution in [2.45, 2.75) is 19.5 Å². The van der Waals surface area contributed by atoms with Crippen molar-refractivity contribution in [1.29, 1.82) is 0 Å². The van der Waals surface area contributed by atoms with Crippen LogP contribution in [0.4, 0.5) is 0 Å². The summed E-state index contributed by atoms with van der Waals surface area (Å²) in [6.45, 7) is 6.29. The summed E-state index contributed by atoms with van der Waals surface area (Å²) in [5.74, 6) is 0.739. The predicted molar refractivity (Wildman–Crippen MR) is 72.6 cm³/mol. The highest BCUT2D eigenvalue weighted by Crippen LogP contribution is 2.24. The average molecular weight is 263 g/mol. The first kappa shape index (κ1) is 11.9. The summed E-state index contributed by atoms with van der Waals surface area (Å²) in [5, 5.41) is 5.48. The molecule has 1 saturated heterocycles. The molecule has 3 rings (SSSR count). The van der Waals surface area contributed by atoms with Gasteiger partial charge in [0.2, 0.25) is 5.89 Å². The average Bonchev–Trinajstić information content (AvgIpc) is 2.98. The number of thiophene rings is 1. The monoisotopic (exact) mass is 263 g/mol. The summed E-state index contributed by atoms with van der Waals surface area (Å²) in [7, 11) is 0. The zero-order valence-electron chi connectivity index (χ0n) is 10.4. The summed E-state index contributed by atoms with van der Waals surface area (Å²) in [5.41, 5.74) is 1.02. The highest BCUT2D eigenvalue weighted by molar-refractivity contribution is 7.13. The molecule has 0 spiro atoms. The summed E-state index contributed by atoms with van der Waals surface area (Å²) < 4.78 is 5.53. The SMILES string of the molecule is C[C@@H]1CN(Cc2coc(-c3cccs3)n2)CCN1. The lowest BCUT2D eigenvalue weighted by molar-refractivity contribution is 0.197. The number of hydrogen-bond donors (Lipinski definition) is 1. The lowest BCUT2D eigenvalue weighted by Crippen LogP contribution is -2.48. The minimum atomic E-state index is 0.558. The quantitative estimate of drug-likeness (QED) is 0.921. The van der Waals surface area contributed by atoms with Gasteiger partial charge in [-0.3, -0.25) is 4.90 Å². The third-order valence-corrected chi connectivity index (χ3v) is 3.98. The molecular formula is C13H17N3OS. The number of rotatable bonds is 3. The number of nitrogens with zero attached hydrogens (tertiary/aromatic N) is 2. The van der Waals surface area contributed by atoms with Crippen molar-refractivity contribution in [3.63, 3.8) is 0 Å². The van der Waals surface area contributed by atoms with Crippen LogP contribution in [-0.2, 0) is 6.54 Å². The molecule has 0 unspecified atom stereocenters. The molecule has 1 fully saturated rings.